The van der Waals surface area contributed by atoms with Gasteiger partial charge >= 0.3 is 0 Å². The molecule has 0 aromatic heterocycles. The highest BCUT2D eigenvalue weighted by molar-refractivity contribution is 5.29. The van der Waals surface area contributed by atoms with E-state index in [4.69, 9.17) is 4.74 Å². The summed E-state index contributed by atoms with van der Waals surface area (Å²) in [7, 11) is 1.97. The van der Waals surface area contributed by atoms with E-state index in [-0.39, 0.29) is 0 Å². The summed E-state index contributed by atoms with van der Waals surface area (Å²) in [4.78, 5) is 0. The van der Waals surface area contributed by atoms with Crippen molar-refractivity contribution < 1.29 is 4.74 Å². The molecule has 90 valence electrons. The van der Waals surface area contributed by atoms with Gasteiger partial charge in [-0.25, -0.2) is 0 Å². The van der Waals surface area contributed by atoms with Crippen molar-refractivity contribution in [3.05, 3.63) is 53.8 Å². The maximum Gasteiger partial charge on any atom is 0.126 e. The molecule has 0 heterocycles. The topological polar surface area (TPSA) is 21.3 Å². The fourth-order valence-corrected chi connectivity index (χ4v) is 1.81. The maximum atomic E-state index is 5.81. The van der Waals surface area contributed by atoms with Gasteiger partial charge in [0.1, 0.15) is 11.5 Å². The Balaban J connectivity index is 1.93. The summed E-state index contributed by atoms with van der Waals surface area (Å²) in [6, 6.07) is 8.35. The van der Waals surface area contributed by atoms with Gasteiger partial charge in [0.25, 0.3) is 0 Å². The van der Waals surface area contributed by atoms with Gasteiger partial charge < -0.3 is 10.1 Å². The number of hydrogen-bond acceptors (Lipinski definition) is 2. The van der Waals surface area contributed by atoms with Crippen LogP contribution in [0, 0.1) is 0 Å². The number of rotatable bonds is 5. The Morgan fingerprint density at radius 2 is 2.06 bits per heavy atom. The molecule has 1 aromatic rings. The summed E-state index contributed by atoms with van der Waals surface area (Å²) in [5.41, 5.74) is 1.34. The van der Waals surface area contributed by atoms with Crippen LogP contribution in [-0.4, -0.2) is 13.6 Å². The Bertz CT molecular complexity index is 403. The van der Waals surface area contributed by atoms with Gasteiger partial charge in [0.05, 0.1) is 0 Å². The van der Waals surface area contributed by atoms with Crippen LogP contribution in [0.4, 0.5) is 0 Å². The first-order chi connectivity index (χ1) is 8.38. The lowest BCUT2D eigenvalue weighted by Gasteiger charge is -2.11. The van der Waals surface area contributed by atoms with E-state index in [0.29, 0.717) is 0 Å². The predicted molar refractivity (Wildman–Crippen MR) is 71.2 cm³/mol. The predicted octanol–water partition coefficient (Wildman–Crippen LogP) is 3.06. The first kappa shape index (κ1) is 11.9. The van der Waals surface area contributed by atoms with E-state index >= 15 is 0 Å². The summed E-state index contributed by atoms with van der Waals surface area (Å²) in [5.74, 6) is 1.98. The van der Waals surface area contributed by atoms with Crippen molar-refractivity contribution in [3.63, 3.8) is 0 Å². The molecule has 1 aliphatic rings. The molecule has 1 aliphatic carbocycles. The molecule has 1 N–H and O–H groups in total. The van der Waals surface area contributed by atoms with Crippen molar-refractivity contribution in [1.29, 1.82) is 0 Å². The average molecular weight is 229 g/mol. The van der Waals surface area contributed by atoms with Gasteiger partial charge in [0.2, 0.25) is 0 Å². The minimum absolute atomic E-state index is 0.930. The Morgan fingerprint density at radius 3 is 2.71 bits per heavy atom. The van der Waals surface area contributed by atoms with Crippen molar-refractivity contribution in [2.24, 2.45) is 0 Å². The monoisotopic (exact) mass is 229 g/mol. The highest BCUT2D eigenvalue weighted by Crippen LogP contribution is 2.19. The van der Waals surface area contributed by atoms with Crippen LogP contribution in [0.15, 0.2) is 48.3 Å². The first-order valence-electron chi connectivity index (χ1n) is 6.15. The second-order valence-corrected chi connectivity index (χ2v) is 4.20. The molecule has 2 nitrogen and oxygen atoms in total. The van der Waals surface area contributed by atoms with Crippen LogP contribution in [0.3, 0.4) is 0 Å². The van der Waals surface area contributed by atoms with Crippen LogP contribution in [0.2, 0.25) is 0 Å². The van der Waals surface area contributed by atoms with Crippen molar-refractivity contribution in [2.45, 2.75) is 19.3 Å². The number of benzene rings is 1. The van der Waals surface area contributed by atoms with Gasteiger partial charge in [0.15, 0.2) is 0 Å². The summed E-state index contributed by atoms with van der Waals surface area (Å²) in [5, 5.41) is 3.15. The van der Waals surface area contributed by atoms with Crippen molar-refractivity contribution in [1.82, 2.24) is 5.32 Å². The van der Waals surface area contributed by atoms with Gasteiger partial charge in [-0.2, -0.15) is 0 Å². The van der Waals surface area contributed by atoms with E-state index < -0.39 is 0 Å². The molecular formula is C15H19NO. The molecule has 17 heavy (non-hydrogen) atoms. The molecule has 0 saturated carbocycles. The zero-order chi connectivity index (χ0) is 11.9. The zero-order valence-electron chi connectivity index (χ0n) is 10.3. The Labute approximate surface area is 103 Å². The second-order valence-electron chi connectivity index (χ2n) is 4.20. The molecule has 0 amide bonds. The van der Waals surface area contributed by atoms with Gasteiger partial charge in [-0.05, 0) is 50.2 Å². The molecule has 0 unspecified atom stereocenters. The first-order valence-corrected chi connectivity index (χ1v) is 6.15. The van der Waals surface area contributed by atoms with Crippen molar-refractivity contribution >= 4 is 0 Å². The molecule has 2 rings (SSSR count). The van der Waals surface area contributed by atoms with Crippen LogP contribution >= 0.6 is 0 Å². The van der Waals surface area contributed by atoms with Crippen LogP contribution in [0.1, 0.15) is 18.4 Å². The molecular weight excluding hydrogens is 210 g/mol. The third-order valence-electron chi connectivity index (χ3n) is 2.81. The quantitative estimate of drug-likeness (QED) is 0.838. The fraction of sp³-hybridized carbons (Fsp3) is 0.333. The van der Waals surface area contributed by atoms with E-state index in [0.717, 1.165) is 37.3 Å². The highest BCUT2D eigenvalue weighted by Gasteiger charge is 2.02. The molecule has 0 bridgehead atoms. The Morgan fingerprint density at radius 1 is 1.24 bits per heavy atom. The van der Waals surface area contributed by atoms with Crippen LogP contribution in [-0.2, 0) is 6.42 Å². The lowest BCUT2D eigenvalue weighted by molar-refractivity contribution is 0.402. The molecule has 1 aromatic carbocycles. The summed E-state index contributed by atoms with van der Waals surface area (Å²) in [6.45, 7) is 1.01. The number of ether oxygens (including phenoxy) is 1. The maximum absolute atomic E-state index is 5.81. The largest absolute Gasteiger partial charge is 0.462 e. The summed E-state index contributed by atoms with van der Waals surface area (Å²) < 4.78 is 5.81. The Hall–Kier alpha value is -1.54. The van der Waals surface area contributed by atoms with Crippen LogP contribution < -0.4 is 10.1 Å². The molecule has 2 heteroatoms. The summed E-state index contributed by atoms with van der Waals surface area (Å²) in [6.07, 6.45) is 9.39. The average Bonchev–Trinajstić information content (AvgIpc) is 2.39. The smallest absolute Gasteiger partial charge is 0.126 e. The highest BCUT2D eigenvalue weighted by atomic mass is 16.5. The van der Waals surface area contributed by atoms with Gasteiger partial charge in [-0.1, -0.05) is 24.3 Å². The lowest BCUT2D eigenvalue weighted by Crippen LogP contribution is -2.10. The number of hydrogen-bond donors (Lipinski definition) is 1. The van der Waals surface area contributed by atoms with Gasteiger partial charge in [-0.3, -0.25) is 0 Å². The van der Waals surface area contributed by atoms with Crippen molar-refractivity contribution in [2.75, 3.05) is 13.6 Å². The third-order valence-corrected chi connectivity index (χ3v) is 2.81. The van der Waals surface area contributed by atoms with E-state index in [1.54, 1.807) is 0 Å². The molecule has 0 saturated heterocycles. The summed E-state index contributed by atoms with van der Waals surface area (Å²) >= 11 is 0. The molecule has 0 atom stereocenters. The number of allylic oxidation sites excluding steroid dienone is 4. The van der Waals surface area contributed by atoms with E-state index in [1.807, 2.05) is 25.3 Å². The zero-order valence-corrected chi connectivity index (χ0v) is 10.3. The lowest BCUT2D eigenvalue weighted by atomic mass is 10.1. The van der Waals surface area contributed by atoms with Gasteiger partial charge in [-0.15, -0.1) is 0 Å². The van der Waals surface area contributed by atoms with E-state index in [9.17, 15) is 0 Å². The fourth-order valence-electron chi connectivity index (χ4n) is 1.81. The minimum atomic E-state index is 0.930. The van der Waals surface area contributed by atoms with Crippen LogP contribution in [0.5, 0.6) is 5.75 Å². The SMILES string of the molecule is CNCCc1ccc(OC2=CC=CCC2)cc1. The van der Waals surface area contributed by atoms with Crippen LogP contribution in [0.25, 0.3) is 0 Å². The minimum Gasteiger partial charge on any atom is -0.462 e. The number of nitrogens with one attached hydrogen (secondary N) is 1. The van der Waals surface area contributed by atoms with Gasteiger partial charge in [0, 0.05) is 6.42 Å². The van der Waals surface area contributed by atoms with Crippen molar-refractivity contribution in [3.8, 4) is 5.75 Å². The third kappa shape index (κ3) is 3.75. The standard InChI is InChI=1S/C15H19NO/c1-16-12-11-13-7-9-15(10-8-13)17-14-5-3-2-4-6-14/h2-3,5,7-10,16H,4,6,11-12H2,1H3. The molecule has 0 aliphatic heterocycles. The molecule has 0 radical (unpaired) electrons. The number of likely N-dealkylation sites (N-methyl/N-ethyl adjacent to an activating group) is 1. The normalized spacial score (nSPS) is 14.5. The second kappa shape index (κ2) is 6.26. The van der Waals surface area contributed by atoms with E-state index in [1.165, 1.54) is 5.56 Å². The van der Waals surface area contributed by atoms with E-state index in [2.05, 4.69) is 29.6 Å². The molecule has 0 spiro atoms. The Kier molecular flexibility index (Phi) is 4.39. The molecule has 0 fully saturated rings.